The van der Waals surface area contributed by atoms with Gasteiger partial charge in [-0.3, -0.25) is 14.9 Å². The molecule has 4 nitrogen and oxygen atoms in total. The topological polar surface area (TPSA) is 37.2 Å². The first-order valence-electron chi connectivity index (χ1n) is 7.86. The van der Waals surface area contributed by atoms with Crippen molar-refractivity contribution in [1.82, 2.24) is 4.90 Å². The van der Waals surface area contributed by atoms with E-state index in [1.807, 2.05) is 27.0 Å². The van der Waals surface area contributed by atoms with Crippen LogP contribution in [0.15, 0.2) is 32.9 Å². The second-order valence-electron chi connectivity index (χ2n) is 6.05. The van der Waals surface area contributed by atoms with Crippen molar-refractivity contribution in [3.63, 3.8) is 0 Å². The third-order valence-electron chi connectivity index (χ3n) is 4.00. The molecule has 1 atom stereocenters. The maximum atomic E-state index is 6.02. The van der Waals surface area contributed by atoms with Gasteiger partial charge in [-0.15, -0.1) is 0 Å². The standard InChI is InChI=1S/C17H26ClN3O/c1-12(18)9-15(14-5-6-14)20-13(2)10-16(19-3)17-11-22-8-7-21(17)4/h9-10,14,17H,5-8,11H2,1-4H3/b12-9+,13-10+,19-16+,20-15+. The average Bonchev–Trinajstić information content (AvgIpc) is 3.29. The van der Waals surface area contributed by atoms with Crippen LogP contribution in [0.2, 0.25) is 0 Å². The average molecular weight is 324 g/mol. The van der Waals surface area contributed by atoms with E-state index in [1.165, 1.54) is 12.8 Å². The maximum Gasteiger partial charge on any atom is 0.0752 e. The molecule has 1 heterocycles. The van der Waals surface area contributed by atoms with Gasteiger partial charge in [-0.2, -0.15) is 0 Å². The van der Waals surface area contributed by atoms with Gasteiger partial charge < -0.3 is 4.74 Å². The van der Waals surface area contributed by atoms with Crippen molar-refractivity contribution < 1.29 is 4.74 Å². The van der Waals surface area contributed by atoms with Crippen LogP contribution in [0.25, 0.3) is 0 Å². The van der Waals surface area contributed by atoms with Crippen molar-refractivity contribution in [3.8, 4) is 0 Å². The van der Waals surface area contributed by atoms with E-state index in [0.717, 1.165) is 35.3 Å². The molecule has 1 aliphatic carbocycles. The Hall–Kier alpha value is -0.970. The Kier molecular flexibility index (Phi) is 6.36. The Morgan fingerprint density at radius 3 is 2.50 bits per heavy atom. The van der Waals surface area contributed by atoms with Crippen LogP contribution in [0.4, 0.5) is 0 Å². The second kappa shape index (κ2) is 8.04. The van der Waals surface area contributed by atoms with E-state index in [0.29, 0.717) is 12.5 Å². The lowest BCUT2D eigenvalue weighted by molar-refractivity contribution is 0.0303. The molecule has 2 aliphatic rings. The minimum atomic E-state index is 0.207. The summed E-state index contributed by atoms with van der Waals surface area (Å²) in [6.07, 6.45) is 6.46. The van der Waals surface area contributed by atoms with Gasteiger partial charge in [0.15, 0.2) is 0 Å². The molecular formula is C17H26ClN3O. The number of aliphatic imine (C=N–C) groups is 2. The van der Waals surface area contributed by atoms with Crippen LogP contribution in [-0.4, -0.2) is 56.2 Å². The predicted octanol–water partition coefficient (Wildman–Crippen LogP) is 3.29. The van der Waals surface area contributed by atoms with Crippen LogP contribution in [0.3, 0.4) is 0 Å². The smallest absolute Gasteiger partial charge is 0.0752 e. The zero-order valence-electron chi connectivity index (χ0n) is 14.0. The van der Waals surface area contributed by atoms with E-state index < -0.39 is 0 Å². The van der Waals surface area contributed by atoms with Gasteiger partial charge in [0.1, 0.15) is 0 Å². The Morgan fingerprint density at radius 2 is 1.95 bits per heavy atom. The van der Waals surface area contributed by atoms with E-state index in [9.17, 15) is 0 Å². The first-order chi connectivity index (χ1) is 10.5. The van der Waals surface area contributed by atoms with E-state index >= 15 is 0 Å². The highest BCUT2D eigenvalue weighted by molar-refractivity contribution is 6.31. The fourth-order valence-electron chi connectivity index (χ4n) is 2.58. The molecule has 2 fully saturated rings. The molecule has 122 valence electrons. The number of likely N-dealkylation sites (N-methyl/N-ethyl adjacent to an activating group) is 1. The Balaban J connectivity index is 2.16. The largest absolute Gasteiger partial charge is 0.378 e. The molecule has 0 radical (unpaired) electrons. The number of rotatable bonds is 5. The summed E-state index contributed by atoms with van der Waals surface area (Å²) in [6.45, 7) is 6.32. The summed E-state index contributed by atoms with van der Waals surface area (Å²) < 4.78 is 5.58. The van der Waals surface area contributed by atoms with Crippen LogP contribution in [0.5, 0.6) is 0 Å². The first-order valence-corrected chi connectivity index (χ1v) is 8.24. The van der Waals surface area contributed by atoms with Gasteiger partial charge >= 0.3 is 0 Å². The lowest BCUT2D eigenvalue weighted by atomic mass is 10.1. The third kappa shape index (κ3) is 5.04. The summed E-state index contributed by atoms with van der Waals surface area (Å²) in [7, 11) is 3.94. The van der Waals surface area contributed by atoms with Crippen molar-refractivity contribution in [2.24, 2.45) is 15.9 Å². The SMILES string of the molecule is C\N=C(/C=C(C)/N=C(\C=C(/C)Cl)C1CC1)C1COCCN1C. The molecule has 5 heteroatoms. The molecular weight excluding hydrogens is 298 g/mol. The molecule has 0 N–H and O–H groups in total. The summed E-state index contributed by atoms with van der Waals surface area (Å²) in [5, 5.41) is 0.781. The molecule has 0 aromatic carbocycles. The number of nitrogens with zero attached hydrogens (tertiary/aromatic N) is 3. The highest BCUT2D eigenvalue weighted by Crippen LogP contribution is 2.32. The van der Waals surface area contributed by atoms with Gasteiger partial charge in [-0.25, -0.2) is 0 Å². The summed E-state index contributed by atoms with van der Waals surface area (Å²) in [5.41, 5.74) is 3.07. The summed E-state index contributed by atoms with van der Waals surface area (Å²) in [4.78, 5) is 11.5. The number of allylic oxidation sites excluding steroid dienone is 3. The van der Waals surface area contributed by atoms with Gasteiger partial charge in [0.05, 0.1) is 25.0 Å². The normalized spacial score (nSPS) is 26.5. The molecule has 1 saturated carbocycles. The predicted molar refractivity (Wildman–Crippen MR) is 94.1 cm³/mol. The highest BCUT2D eigenvalue weighted by Gasteiger charge is 2.27. The molecule has 1 saturated heterocycles. The van der Waals surface area contributed by atoms with Crippen LogP contribution in [-0.2, 0) is 4.74 Å². The monoisotopic (exact) mass is 323 g/mol. The maximum absolute atomic E-state index is 6.02. The Morgan fingerprint density at radius 1 is 1.23 bits per heavy atom. The van der Waals surface area contributed by atoms with Crippen molar-refractivity contribution in [2.45, 2.75) is 32.7 Å². The third-order valence-corrected chi connectivity index (χ3v) is 4.11. The molecule has 0 aromatic heterocycles. The number of ether oxygens (including phenoxy) is 1. The molecule has 2 rings (SSSR count). The summed E-state index contributed by atoms with van der Waals surface area (Å²) in [6, 6.07) is 0.207. The van der Waals surface area contributed by atoms with Gasteiger partial charge in [0.25, 0.3) is 0 Å². The Labute approximate surface area is 138 Å². The van der Waals surface area contributed by atoms with Crippen LogP contribution in [0, 0.1) is 5.92 Å². The number of hydrogen-bond acceptors (Lipinski definition) is 4. The quantitative estimate of drug-likeness (QED) is 0.728. The van der Waals surface area contributed by atoms with E-state index in [2.05, 4.69) is 23.0 Å². The van der Waals surface area contributed by atoms with Crippen molar-refractivity contribution >= 4 is 23.0 Å². The van der Waals surface area contributed by atoms with Crippen LogP contribution in [0.1, 0.15) is 26.7 Å². The molecule has 0 spiro atoms. The van der Waals surface area contributed by atoms with Gasteiger partial charge in [0, 0.05) is 36.0 Å². The second-order valence-corrected chi connectivity index (χ2v) is 6.64. The Bertz CT molecular complexity index is 514. The van der Waals surface area contributed by atoms with Crippen LogP contribution >= 0.6 is 11.6 Å². The van der Waals surface area contributed by atoms with Gasteiger partial charge in [0.2, 0.25) is 0 Å². The lowest BCUT2D eigenvalue weighted by Crippen LogP contribution is -2.47. The number of morpholine rings is 1. The lowest BCUT2D eigenvalue weighted by Gasteiger charge is -2.32. The van der Waals surface area contributed by atoms with Gasteiger partial charge in [-0.05, 0) is 45.9 Å². The molecule has 0 bridgehead atoms. The minimum Gasteiger partial charge on any atom is -0.378 e. The highest BCUT2D eigenvalue weighted by atomic mass is 35.5. The summed E-state index contributed by atoms with van der Waals surface area (Å²) in [5.74, 6) is 0.569. The van der Waals surface area contributed by atoms with E-state index in [-0.39, 0.29) is 6.04 Å². The zero-order chi connectivity index (χ0) is 16.1. The van der Waals surface area contributed by atoms with E-state index in [4.69, 9.17) is 21.3 Å². The molecule has 0 aromatic rings. The minimum absolute atomic E-state index is 0.207. The first kappa shape index (κ1) is 17.4. The summed E-state index contributed by atoms with van der Waals surface area (Å²) >= 11 is 6.02. The molecule has 1 unspecified atom stereocenters. The number of halogens is 1. The fraction of sp³-hybridized carbons (Fsp3) is 0.647. The van der Waals surface area contributed by atoms with Crippen molar-refractivity contribution in [2.75, 3.05) is 33.9 Å². The molecule has 0 amide bonds. The van der Waals surface area contributed by atoms with E-state index in [1.54, 1.807) is 0 Å². The number of hydrogen-bond donors (Lipinski definition) is 0. The molecule has 22 heavy (non-hydrogen) atoms. The van der Waals surface area contributed by atoms with Crippen LogP contribution < -0.4 is 0 Å². The zero-order valence-corrected chi connectivity index (χ0v) is 14.7. The van der Waals surface area contributed by atoms with Crippen molar-refractivity contribution in [1.29, 1.82) is 0 Å². The fourth-order valence-corrected chi connectivity index (χ4v) is 2.69. The van der Waals surface area contributed by atoms with Gasteiger partial charge in [-0.1, -0.05) is 11.6 Å². The van der Waals surface area contributed by atoms with Crippen molar-refractivity contribution in [3.05, 3.63) is 22.9 Å². The molecule has 1 aliphatic heterocycles.